The van der Waals surface area contributed by atoms with Crippen LogP contribution in [0.4, 0.5) is 5.69 Å². The number of anilines is 1. The van der Waals surface area contributed by atoms with Crippen LogP contribution in [-0.4, -0.2) is 31.6 Å². The first-order chi connectivity index (χ1) is 11.1. The zero-order valence-corrected chi connectivity index (χ0v) is 17.5. The largest absolute Gasteiger partial charge is 0.371 e. The Morgan fingerprint density at radius 3 is 2.76 bits per heavy atom. The van der Waals surface area contributed by atoms with Gasteiger partial charge in [-0.25, -0.2) is 0 Å². The van der Waals surface area contributed by atoms with Crippen LogP contribution in [0.15, 0.2) is 28.7 Å². The summed E-state index contributed by atoms with van der Waals surface area (Å²) < 4.78 is 1.11. The van der Waals surface area contributed by atoms with Gasteiger partial charge in [-0.05, 0) is 49.3 Å². The molecule has 0 spiro atoms. The molecule has 2 aliphatic rings. The molecule has 2 fully saturated rings. The zero-order valence-electron chi connectivity index (χ0n) is 14.3. The second-order valence-electron chi connectivity index (χ2n) is 6.94. The van der Waals surface area contributed by atoms with Crippen molar-refractivity contribution in [2.24, 2.45) is 17.6 Å². The molecule has 1 aromatic carbocycles. The normalized spacial score (nSPS) is 25.2. The second kappa shape index (κ2) is 10.6. The zero-order chi connectivity index (χ0) is 16.2. The maximum atomic E-state index is 12.1. The number of rotatable bonds is 5. The van der Waals surface area contributed by atoms with Crippen LogP contribution in [0.5, 0.6) is 0 Å². The molecule has 0 bridgehead atoms. The highest BCUT2D eigenvalue weighted by molar-refractivity contribution is 9.10. The number of benzene rings is 1. The van der Waals surface area contributed by atoms with E-state index in [0.29, 0.717) is 18.3 Å². The molecule has 1 amide bonds. The number of hydrogen-bond donors (Lipinski definition) is 2. The van der Waals surface area contributed by atoms with Crippen LogP contribution >= 0.6 is 40.7 Å². The monoisotopic (exact) mass is 451 g/mol. The first-order valence-corrected chi connectivity index (χ1v) is 9.44. The van der Waals surface area contributed by atoms with Crippen molar-refractivity contribution in [2.45, 2.75) is 38.1 Å². The van der Waals surface area contributed by atoms with E-state index in [-0.39, 0.29) is 36.8 Å². The molecule has 1 heterocycles. The van der Waals surface area contributed by atoms with Crippen LogP contribution < -0.4 is 16.0 Å². The lowest BCUT2D eigenvalue weighted by atomic mass is 9.99. The Bertz CT molecular complexity index is 561. The molecule has 3 N–H and O–H groups in total. The fourth-order valence-corrected chi connectivity index (χ4v) is 4.18. The quantitative estimate of drug-likeness (QED) is 0.714. The Kier molecular flexibility index (Phi) is 9.57. The minimum Gasteiger partial charge on any atom is -0.371 e. The molecule has 4 nitrogen and oxygen atoms in total. The first kappa shape index (κ1) is 22.6. The van der Waals surface area contributed by atoms with Crippen molar-refractivity contribution >= 4 is 52.3 Å². The fraction of sp³-hybridized carbons (Fsp3) is 0.611. The molecule has 7 heteroatoms. The Balaban J connectivity index is 0.00000156. The topological polar surface area (TPSA) is 58.4 Å². The van der Waals surface area contributed by atoms with E-state index in [4.69, 9.17) is 5.73 Å². The number of carbonyl (C=O) groups excluding carboxylic acids is 1. The molecule has 0 aromatic heterocycles. The third-order valence-electron chi connectivity index (χ3n) is 5.21. The van der Waals surface area contributed by atoms with Crippen LogP contribution in [0.3, 0.4) is 0 Å². The van der Waals surface area contributed by atoms with Crippen molar-refractivity contribution in [1.82, 2.24) is 5.32 Å². The van der Waals surface area contributed by atoms with Crippen molar-refractivity contribution in [3.63, 3.8) is 0 Å². The average molecular weight is 453 g/mol. The van der Waals surface area contributed by atoms with Crippen molar-refractivity contribution in [3.05, 3.63) is 28.7 Å². The predicted octanol–water partition coefficient (Wildman–Crippen LogP) is 3.75. The van der Waals surface area contributed by atoms with Crippen molar-refractivity contribution in [3.8, 4) is 0 Å². The minimum absolute atomic E-state index is 0. The van der Waals surface area contributed by atoms with Gasteiger partial charge in [-0.15, -0.1) is 24.8 Å². The van der Waals surface area contributed by atoms with E-state index in [1.807, 2.05) is 6.07 Å². The molecule has 0 radical (unpaired) electrons. The van der Waals surface area contributed by atoms with Crippen LogP contribution in [0.2, 0.25) is 0 Å². The molecule has 3 atom stereocenters. The summed E-state index contributed by atoms with van der Waals surface area (Å²) in [6, 6.07) is 8.64. The lowest BCUT2D eigenvalue weighted by molar-refractivity contribution is -0.122. The van der Waals surface area contributed by atoms with Gasteiger partial charge in [0, 0.05) is 42.3 Å². The van der Waals surface area contributed by atoms with Gasteiger partial charge in [0.1, 0.15) is 0 Å². The second-order valence-corrected chi connectivity index (χ2v) is 7.86. The minimum atomic E-state index is 0. The first-order valence-electron chi connectivity index (χ1n) is 8.64. The van der Waals surface area contributed by atoms with Crippen molar-refractivity contribution in [1.29, 1.82) is 0 Å². The maximum absolute atomic E-state index is 12.1. The van der Waals surface area contributed by atoms with Crippen molar-refractivity contribution < 1.29 is 4.79 Å². The number of carbonyl (C=O) groups is 1. The fourth-order valence-electron chi connectivity index (χ4n) is 3.79. The highest BCUT2D eigenvalue weighted by atomic mass is 79.9. The molecule has 142 valence electrons. The Morgan fingerprint density at radius 1 is 1.28 bits per heavy atom. The van der Waals surface area contributed by atoms with Crippen LogP contribution in [-0.2, 0) is 4.79 Å². The van der Waals surface area contributed by atoms with Crippen LogP contribution in [0, 0.1) is 11.8 Å². The van der Waals surface area contributed by atoms with Gasteiger partial charge in [0.15, 0.2) is 0 Å². The molecule has 1 aliphatic carbocycles. The van der Waals surface area contributed by atoms with Crippen molar-refractivity contribution in [2.75, 3.05) is 24.5 Å². The molecule has 1 saturated carbocycles. The summed E-state index contributed by atoms with van der Waals surface area (Å²) in [5, 5.41) is 3.13. The lowest BCUT2D eigenvalue weighted by Gasteiger charge is -2.19. The van der Waals surface area contributed by atoms with Crippen LogP contribution in [0.1, 0.15) is 32.1 Å². The molecular formula is C18H28BrCl2N3O. The van der Waals surface area contributed by atoms with Gasteiger partial charge in [0.2, 0.25) is 5.91 Å². The number of amides is 1. The number of hydrogen-bond acceptors (Lipinski definition) is 3. The van der Waals surface area contributed by atoms with E-state index >= 15 is 0 Å². The Labute approximate surface area is 171 Å². The van der Waals surface area contributed by atoms with E-state index in [2.05, 4.69) is 44.3 Å². The third-order valence-corrected chi connectivity index (χ3v) is 5.71. The summed E-state index contributed by atoms with van der Waals surface area (Å²) in [6.07, 6.45) is 5.08. The summed E-state index contributed by atoms with van der Waals surface area (Å²) in [5.41, 5.74) is 7.30. The average Bonchev–Trinajstić information content (AvgIpc) is 3.15. The van der Waals surface area contributed by atoms with Gasteiger partial charge in [-0.3, -0.25) is 4.79 Å². The lowest BCUT2D eigenvalue weighted by Crippen LogP contribution is -2.34. The third kappa shape index (κ3) is 6.31. The van der Waals surface area contributed by atoms with Gasteiger partial charge in [0.05, 0.1) is 0 Å². The van der Waals surface area contributed by atoms with Gasteiger partial charge in [-0.2, -0.15) is 0 Å². The maximum Gasteiger partial charge on any atom is 0.220 e. The number of halogens is 3. The molecule has 1 aromatic rings. The Hall–Kier alpha value is -0.490. The number of nitrogens with zero attached hydrogens (tertiary/aromatic N) is 1. The van der Waals surface area contributed by atoms with E-state index in [1.165, 1.54) is 12.1 Å². The van der Waals surface area contributed by atoms with Gasteiger partial charge < -0.3 is 16.0 Å². The summed E-state index contributed by atoms with van der Waals surface area (Å²) in [7, 11) is 0. The summed E-state index contributed by atoms with van der Waals surface area (Å²) >= 11 is 3.53. The van der Waals surface area contributed by atoms with Gasteiger partial charge in [0.25, 0.3) is 0 Å². The predicted molar refractivity (Wildman–Crippen MR) is 112 cm³/mol. The number of nitrogens with one attached hydrogen (secondary N) is 1. The summed E-state index contributed by atoms with van der Waals surface area (Å²) in [6.45, 7) is 2.86. The Morgan fingerprint density at radius 2 is 2.08 bits per heavy atom. The molecule has 1 aliphatic heterocycles. The summed E-state index contributed by atoms with van der Waals surface area (Å²) in [4.78, 5) is 14.5. The SMILES string of the molecule is Cl.Cl.N[C@@H]1CCC[C@H]1CC(=O)NCC1CCN(c2cccc(Br)c2)C1. The molecule has 1 saturated heterocycles. The van der Waals surface area contributed by atoms with Gasteiger partial charge in [-0.1, -0.05) is 28.4 Å². The van der Waals surface area contributed by atoms with E-state index < -0.39 is 0 Å². The van der Waals surface area contributed by atoms with E-state index in [0.717, 1.165) is 43.4 Å². The summed E-state index contributed by atoms with van der Waals surface area (Å²) in [5.74, 6) is 1.10. The molecule has 1 unspecified atom stereocenters. The molecule has 3 rings (SSSR count). The van der Waals surface area contributed by atoms with Gasteiger partial charge >= 0.3 is 0 Å². The highest BCUT2D eigenvalue weighted by Gasteiger charge is 2.27. The van der Waals surface area contributed by atoms with E-state index in [9.17, 15) is 4.79 Å². The molecule has 25 heavy (non-hydrogen) atoms. The molecular weight excluding hydrogens is 425 g/mol. The standard InChI is InChI=1S/C18H26BrN3O.2ClH/c19-15-4-2-5-16(10-15)22-8-7-13(12-22)11-21-18(23)9-14-3-1-6-17(14)20;;/h2,4-5,10,13-14,17H,1,3,6-9,11-12,20H2,(H,21,23);2*1H/t13?,14-,17+;;/m0../s1. The van der Waals surface area contributed by atoms with E-state index in [1.54, 1.807) is 0 Å². The number of nitrogens with two attached hydrogens (primary N) is 1. The smallest absolute Gasteiger partial charge is 0.220 e. The van der Waals surface area contributed by atoms with Crippen LogP contribution in [0.25, 0.3) is 0 Å². The highest BCUT2D eigenvalue weighted by Crippen LogP contribution is 2.27.